The zero-order chi connectivity index (χ0) is 13.4. The second-order valence-corrected chi connectivity index (χ2v) is 4.51. The predicted octanol–water partition coefficient (Wildman–Crippen LogP) is 2.39. The van der Waals surface area contributed by atoms with E-state index in [1.165, 1.54) is 0 Å². The molecule has 0 aromatic heterocycles. The topological polar surface area (TPSA) is 49.3 Å². The number of rotatable bonds is 7. The number of carbonyl (C=O) groups excluding carboxylic acids is 1. The van der Waals surface area contributed by atoms with Crippen LogP contribution in [-0.2, 0) is 6.42 Å². The molecule has 18 heavy (non-hydrogen) atoms. The van der Waals surface area contributed by atoms with Crippen LogP contribution in [0.4, 0.5) is 0 Å². The number of hydrogen-bond donors (Lipinski definition) is 2. The first-order chi connectivity index (χ1) is 8.72. The molecule has 1 rings (SSSR count). The highest BCUT2D eigenvalue weighted by Crippen LogP contribution is 2.10. The van der Waals surface area contributed by atoms with E-state index in [4.69, 9.17) is 5.11 Å². The van der Waals surface area contributed by atoms with Gasteiger partial charge in [0.05, 0.1) is 0 Å². The Labute approximate surface area is 109 Å². The lowest BCUT2D eigenvalue weighted by atomic mass is 10.0. The lowest BCUT2D eigenvalue weighted by Crippen LogP contribution is -2.30. The summed E-state index contributed by atoms with van der Waals surface area (Å²) in [5, 5.41) is 11.9. The van der Waals surface area contributed by atoms with Gasteiger partial charge in [-0.05, 0) is 30.4 Å². The van der Waals surface area contributed by atoms with Gasteiger partial charge in [-0.3, -0.25) is 4.79 Å². The molecule has 1 amide bonds. The van der Waals surface area contributed by atoms with E-state index in [1.807, 2.05) is 31.2 Å². The number of amides is 1. The molecule has 0 aliphatic rings. The zero-order valence-corrected chi connectivity index (χ0v) is 11.3. The third-order valence-corrected chi connectivity index (χ3v) is 3.31. The fourth-order valence-corrected chi connectivity index (χ4v) is 2.02. The number of aliphatic hydroxyl groups is 1. The fourth-order valence-electron chi connectivity index (χ4n) is 2.02. The second-order valence-electron chi connectivity index (χ2n) is 4.51. The maximum atomic E-state index is 12.1. The van der Waals surface area contributed by atoms with Gasteiger partial charge in [0.1, 0.15) is 0 Å². The van der Waals surface area contributed by atoms with Crippen molar-refractivity contribution in [2.45, 2.75) is 33.1 Å². The van der Waals surface area contributed by atoms with Gasteiger partial charge in [0.25, 0.3) is 5.91 Å². The van der Waals surface area contributed by atoms with E-state index < -0.39 is 0 Å². The summed E-state index contributed by atoms with van der Waals surface area (Å²) in [7, 11) is 0. The molecule has 3 heteroatoms. The Morgan fingerprint density at radius 2 is 2.06 bits per heavy atom. The molecule has 3 nitrogen and oxygen atoms in total. The van der Waals surface area contributed by atoms with Crippen LogP contribution in [0.25, 0.3) is 0 Å². The van der Waals surface area contributed by atoms with Crippen molar-refractivity contribution >= 4 is 5.91 Å². The Balaban J connectivity index is 2.59. The maximum absolute atomic E-state index is 12.1. The average Bonchev–Trinajstić information content (AvgIpc) is 2.42. The summed E-state index contributed by atoms with van der Waals surface area (Å²) in [5.41, 5.74) is 1.84. The third-order valence-electron chi connectivity index (χ3n) is 3.31. The summed E-state index contributed by atoms with van der Waals surface area (Å²) in [5.74, 6) is 0.344. The highest BCUT2D eigenvalue weighted by Gasteiger charge is 2.11. The van der Waals surface area contributed by atoms with Crippen LogP contribution < -0.4 is 5.32 Å². The maximum Gasteiger partial charge on any atom is 0.251 e. The molecule has 0 saturated carbocycles. The van der Waals surface area contributed by atoms with Gasteiger partial charge < -0.3 is 10.4 Å². The summed E-state index contributed by atoms with van der Waals surface area (Å²) in [4.78, 5) is 12.1. The molecule has 0 aliphatic carbocycles. The van der Waals surface area contributed by atoms with Gasteiger partial charge in [-0.1, -0.05) is 38.5 Å². The van der Waals surface area contributed by atoms with E-state index in [0.717, 1.165) is 30.4 Å². The van der Waals surface area contributed by atoms with Crippen LogP contribution in [0, 0.1) is 5.92 Å². The molecule has 1 aromatic rings. The van der Waals surface area contributed by atoms with Crippen LogP contribution in [-0.4, -0.2) is 24.2 Å². The average molecular weight is 249 g/mol. The Bertz CT molecular complexity index is 377. The van der Waals surface area contributed by atoms with Gasteiger partial charge in [-0.2, -0.15) is 0 Å². The smallest absolute Gasteiger partial charge is 0.251 e. The minimum absolute atomic E-state index is 0.0103. The summed E-state index contributed by atoms with van der Waals surface area (Å²) in [6.45, 7) is 4.94. The minimum Gasteiger partial charge on any atom is -0.396 e. The van der Waals surface area contributed by atoms with Crippen molar-refractivity contribution in [1.29, 1.82) is 0 Å². The van der Waals surface area contributed by atoms with Crippen LogP contribution in [0.5, 0.6) is 0 Å². The lowest BCUT2D eigenvalue weighted by Gasteiger charge is -2.15. The number of aryl methyl sites for hydroxylation is 1. The Kier molecular flexibility index (Phi) is 6.44. The van der Waals surface area contributed by atoms with Crippen molar-refractivity contribution in [3.63, 3.8) is 0 Å². The van der Waals surface area contributed by atoms with E-state index in [0.29, 0.717) is 12.5 Å². The molecule has 2 N–H and O–H groups in total. The van der Waals surface area contributed by atoms with Gasteiger partial charge in [-0.25, -0.2) is 0 Å². The van der Waals surface area contributed by atoms with Crippen molar-refractivity contribution in [1.82, 2.24) is 5.32 Å². The lowest BCUT2D eigenvalue weighted by molar-refractivity contribution is 0.0942. The summed E-state index contributed by atoms with van der Waals surface area (Å²) in [6.07, 6.45) is 2.57. The molecule has 0 aliphatic heterocycles. The van der Waals surface area contributed by atoms with Crippen molar-refractivity contribution in [2.24, 2.45) is 5.92 Å². The molecule has 0 heterocycles. The SMILES string of the molecule is CCc1ccccc1C(=O)NCC(CC)CCO. The molecule has 0 spiro atoms. The van der Waals surface area contributed by atoms with E-state index in [2.05, 4.69) is 12.2 Å². The molecule has 0 saturated heterocycles. The molecule has 0 fully saturated rings. The monoisotopic (exact) mass is 249 g/mol. The first-order valence-corrected chi connectivity index (χ1v) is 6.69. The number of aliphatic hydroxyl groups excluding tert-OH is 1. The van der Waals surface area contributed by atoms with Crippen molar-refractivity contribution in [3.8, 4) is 0 Å². The van der Waals surface area contributed by atoms with Crippen LogP contribution in [0.15, 0.2) is 24.3 Å². The number of hydrogen-bond acceptors (Lipinski definition) is 2. The van der Waals surface area contributed by atoms with Gasteiger partial charge in [0.15, 0.2) is 0 Å². The van der Waals surface area contributed by atoms with Gasteiger partial charge >= 0.3 is 0 Å². The second kappa shape index (κ2) is 7.88. The molecule has 0 bridgehead atoms. The Morgan fingerprint density at radius 1 is 1.33 bits per heavy atom. The number of benzene rings is 1. The van der Waals surface area contributed by atoms with E-state index in [9.17, 15) is 4.79 Å². The molecular formula is C15H23NO2. The van der Waals surface area contributed by atoms with Gasteiger partial charge in [-0.15, -0.1) is 0 Å². The van der Waals surface area contributed by atoms with Gasteiger partial charge in [0, 0.05) is 18.7 Å². The Hall–Kier alpha value is -1.35. The first kappa shape index (κ1) is 14.7. The number of carbonyl (C=O) groups is 1. The van der Waals surface area contributed by atoms with Crippen LogP contribution in [0.2, 0.25) is 0 Å². The fraction of sp³-hybridized carbons (Fsp3) is 0.533. The van der Waals surface area contributed by atoms with Crippen LogP contribution in [0.3, 0.4) is 0 Å². The predicted molar refractivity (Wildman–Crippen MR) is 73.6 cm³/mol. The summed E-state index contributed by atoms with van der Waals surface area (Å²) < 4.78 is 0. The van der Waals surface area contributed by atoms with Crippen molar-refractivity contribution in [3.05, 3.63) is 35.4 Å². The van der Waals surface area contributed by atoms with E-state index >= 15 is 0 Å². The van der Waals surface area contributed by atoms with Crippen LogP contribution in [0.1, 0.15) is 42.6 Å². The van der Waals surface area contributed by atoms with E-state index in [-0.39, 0.29) is 12.5 Å². The van der Waals surface area contributed by atoms with Crippen molar-refractivity contribution < 1.29 is 9.90 Å². The minimum atomic E-state index is -0.0103. The third kappa shape index (κ3) is 4.15. The zero-order valence-electron chi connectivity index (χ0n) is 11.3. The quantitative estimate of drug-likeness (QED) is 0.779. The standard InChI is InChI=1S/C15H23NO2/c1-3-12(9-10-17)11-16-15(18)14-8-6-5-7-13(14)4-2/h5-8,12,17H,3-4,9-11H2,1-2H3,(H,16,18). The van der Waals surface area contributed by atoms with Crippen molar-refractivity contribution in [2.75, 3.05) is 13.2 Å². The molecule has 1 aromatic carbocycles. The summed E-state index contributed by atoms with van der Waals surface area (Å²) >= 11 is 0. The molecule has 100 valence electrons. The first-order valence-electron chi connectivity index (χ1n) is 6.69. The largest absolute Gasteiger partial charge is 0.396 e. The van der Waals surface area contributed by atoms with E-state index in [1.54, 1.807) is 0 Å². The highest BCUT2D eigenvalue weighted by atomic mass is 16.3. The molecule has 1 atom stereocenters. The molecule has 1 unspecified atom stereocenters. The highest BCUT2D eigenvalue weighted by molar-refractivity contribution is 5.95. The number of nitrogens with one attached hydrogen (secondary N) is 1. The van der Waals surface area contributed by atoms with Crippen LogP contribution >= 0.6 is 0 Å². The molecular weight excluding hydrogens is 226 g/mol. The summed E-state index contributed by atoms with van der Waals surface area (Å²) in [6, 6.07) is 7.69. The normalized spacial score (nSPS) is 12.2. The van der Waals surface area contributed by atoms with Gasteiger partial charge in [0.2, 0.25) is 0 Å². The molecule has 0 radical (unpaired) electrons. The Morgan fingerprint density at radius 3 is 2.67 bits per heavy atom.